The Labute approximate surface area is 171 Å². The molecule has 1 aromatic carbocycles. The fraction of sp³-hybridized carbons (Fsp3) is 0.476. The van der Waals surface area contributed by atoms with E-state index in [4.69, 9.17) is 16.3 Å². The van der Waals surface area contributed by atoms with Crippen LogP contribution in [0.2, 0.25) is 5.15 Å². The molecule has 1 fully saturated rings. The minimum Gasteiger partial charge on any atom is -0.491 e. The van der Waals surface area contributed by atoms with Crippen LogP contribution in [0, 0.1) is 5.92 Å². The number of aromatic nitrogens is 2. The Kier molecular flexibility index (Phi) is 6.73. The van der Waals surface area contributed by atoms with Gasteiger partial charge < -0.3 is 15.0 Å². The Morgan fingerprint density at radius 3 is 2.57 bits per heavy atom. The monoisotopic (exact) mass is 402 g/mol. The van der Waals surface area contributed by atoms with Gasteiger partial charge in [-0.25, -0.2) is 0 Å². The van der Waals surface area contributed by atoms with E-state index in [1.807, 2.05) is 51.1 Å². The number of anilines is 1. The molecule has 0 unspecified atom stereocenters. The second-order valence-corrected chi connectivity index (χ2v) is 7.83. The highest BCUT2D eigenvalue weighted by Crippen LogP contribution is 2.24. The fourth-order valence-corrected chi connectivity index (χ4v) is 3.49. The molecule has 0 saturated carbocycles. The molecular formula is C21H27ClN4O2. The minimum atomic E-state index is -0.0663. The number of piperidine rings is 1. The van der Waals surface area contributed by atoms with E-state index in [9.17, 15) is 4.79 Å². The van der Waals surface area contributed by atoms with Crippen LogP contribution in [0.5, 0.6) is 5.75 Å². The first-order chi connectivity index (χ1) is 13.4. The summed E-state index contributed by atoms with van der Waals surface area (Å²) in [4.78, 5) is 14.9. The summed E-state index contributed by atoms with van der Waals surface area (Å²) in [6, 6.07) is 11.4. The summed E-state index contributed by atoms with van der Waals surface area (Å²) in [7, 11) is 0. The van der Waals surface area contributed by atoms with Gasteiger partial charge in [-0.15, -0.1) is 10.2 Å². The molecule has 1 N–H and O–H groups in total. The van der Waals surface area contributed by atoms with Gasteiger partial charge in [0.15, 0.2) is 11.0 Å². The van der Waals surface area contributed by atoms with Gasteiger partial charge in [0, 0.05) is 19.0 Å². The van der Waals surface area contributed by atoms with Gasteiger partial charge in [-0.2, -0.15) is 0 Å². The molecule has 0 spiro atoms. The molecule has 3 rings (SSSR count). The van der Waals surface area contributed by atoms with Crippen LogP contribution in [0.1, 0.15) is 45.2 Å². The number of benzene rings is 1. The van der Waals surface area contributed by atoms with Crippen molar-refractivity contribution in [3.8, 4) is 5.75 Å². The second kappa shape index (κ2) is 9.24. The molecule has 0 bridgehead atoms. The number of nitrogens with one attached hydrogen (secondary N) is 1. The molecule has 2 aromatic rings. The van der Waals surface area contributed by atoms with E-state index in [1.54, 1.807) is 6.07 Å². The molecule has 0 aliphatic carbocycles. The van der Waals surface area contributed by atoms with Gasteiger partial charge in [0.05, 0.1) is 12.1 Å². The number of hydrogen-bond donors (Lipinski definition) is 1. The maximum atomic E-state index is 12.7. The van der Waals surface area contributed by atoms with E-state index < -0.39 is 0 Å². The van der Waals surface area contributed by atoms with E-state index in [1.165, 1.54) is 0 Å². The van der Waals surface area contributed by atoms with E-state index in [2.05, 4.69) is 20.4 Å². The highest BCUT2D eigenvalue weighted by molar-refractivity contribution is 6.29. The predicted molar refractivity (Wildman–Crippen MR) is 111 cm³/mol. The average molecular weight is 403 g/mol. The van der Waals surface area contributed by atoms with Gasteiger partial charge in [-0.05, 0) is 63.4 Å². The molecule has 0 radical (unpaired) electrons. The summed E-state index contributed by atoms with van der Waals surface area (Å²) in [5, 5.41) is 11.5. The lowest BCUT2D eigenvalue weighted by Gasteiger charge is -2.32. The number of carbonyl (C=O) groups is 1. The SMILES string of the molecule is CC(C)Oc1cccc([C@H](C)NC(=O)C2CCN(c3ccc(Cl)nn3)CC2)c1. The van der Waals surface area contributed by atoms with E-state index in [0.29, 0.717) is 5.15 Å². The molecule has 1 saturated heterocycles. The van der Waals surface area contributed by atoms with Crippen molar-refractivity contribution in [1.82, 2.24) is 15.5 Å². The summed E-state index contributed by atoms with van der Waals surface area (Å²) in [6.45, 7) is 7.56. The number of carbonyl (C=O) groups excluding carboxylic acids is 1. The smallest absolute Gasteiger partial charge is 0.223 e. The molecule has 6 nitrogen and oxygen atoms in total. The van der Waals surface area contributed by atoms with Crippen molar-refractivity contribution in [2.24, 2.45) is 5.92 Å². The van der Waals surface area contributed by atoms with Crippen LogP contribution in [-0.2, 0) is 4.79 Å². The number of rotatable bonds is 6. The quantitative estimate of drug-likeness (QED) is 0.790. The number of ether oxygens (including phenoxy) is 1. The van der Waals surface area contributed by atoms with Crippen molar-refractivity contribution in [2.75, 3.05) is 18.0 Å². The fourth-order valence-electron chi connectivity index (χ4n) is 3.39. The van der Waals surface area contributed by atoms with Gasteiger partial charge in [0.2, 0.25) is 5.91 Å². The average Bonchev–Trinajstić information content (AvgIpc) is 2.68. The van der Waals surface area contributed by atoms with Crippen molar-refractivity contribution in [3.63, 3.8) is 0 Å². The third-order valence-electron chi connectivity index (χ3n) is 4.90. The predicted octanol–water partition coefficient (Wildman–Crippen LogP) is 4.01. The highest BCUT2D eigenvalue weighted by Gasteiger charge is 2.26. The zero-order valence-electron chi connectivity index (χ0n) is 16.6. The summed E-state index contributed by atoms with van der Waals surface area (Å²) in [6.07, 6.45) is 1.70. The van der Waals surface area contributed by atoms with Crippen molar-refractivity contribution < 1.29 is 9.53 Å². The first-order valence-electron chi connectivity index (χ1n) is 9.73. The van der Waals surface area contributed by atoms with Gasteiger partial charge in [0.1, 0.15) is 5.75 Å². The van der Waals surface area contributed by atoms with Crippen LogP contribution >= 0.6 is 11.6 Å². The Hall–Kier alpha value is -2.34. The molecule has 28 heavy (non-hydrogen) atoms. The topological polar surface area (TPSA) is 67.3 Å². The van der Waals surface area contributed by atoms with Crippen LogP contribution in [0.3, 0.4) is 0 Å². The number of hydrogen-bond acceptors (Lipinski definition) is 5. The molecular weight excluding hydrogens is 376 g/mol. The molecule has 150 valence electrons. The minimum absolute atomic E-state index is 0.00839. The van der Waals surface area contributed by atoms with Crippen LogP contribution in [0.25, 0.3) is 0 Å². The standard InChI is InChI=1S/C21H27ClN4O2/c1-14(2)28-18-6-4-5-17(13-18)15(3)23-21(27)16-9-11-26(12-10-16)20-8-7-19(22)24-25-20/h4-8,13-16H,9-12H2,1-3H3,(H,23,27)/t15-/m0/s1. The second-order valence-electron chi connectivity index (χ2n) is 7.44. The summed E-state index contributed by atoms with van der Waals surface area (Å²) in [5.41, 5.74) is 1.04. The summed E-state index contributed by atoms with van der Waals surface area (Å²) in [5.74, 6) is 1.74. The number of halogens is 1. The van der Waals surface area contributed by atoms with Gasteiger partial charge in [-0.1, -0.05) is 23.7 Å². The zero-order valence-corrected chi connectivity index (χ0v) is 17.3. The normalized spacial score (nSPS) is 16.1. The van der Waals surface area contributed by atoms with Crippen LogP contribution in [0.15, 0.2) is 36.4 Å². The number of amides is 1. The molecule has 2 heterocycles. The van der Waals surface area contributed by atoms with Crippen molar-refractivity contribution in [2.45, 2.75) is 45.8 Å². The third kappa shape index (κ3) is 5.35. The molecule has 1 amide bonds. The lowest BCUT2D eigenvalue weighted by Crippen LogP contribution is -2.41. The molecule has 7 heteroatoms. The van der Waals surface area contributed by atoms with Crippen molar-refractivity contribution in [1.29, 1.82) is 0 Å². The Morgan fingerprint density at radius 1 is 1.18 bits per heavy atom. The van der Waals surface area contributed by atoms with Crippen LogP contribution in [0.4, 0.5) is 5.82 Å². The highest BCUT2D eigenvalue weighted by atomic mass is 35.5. The van der Waals surface area contributed by atoms with Gasteiger partial charge in [-0.3, -0.25) is 4.79 Å². The Balaban J connectivity index is 1.53. The maximum Gasteiger partial charge on any atom is 0.223 e. The van der Waals surface area contributed by atoms with E-state index in [0.717, 1.165) is 43.1 Å². The molecule has 1 atom stereocenters. The summed E-state index contributed by atoms with van der Waals surface area (Å²) >= 11 is 5.80. The van der Waals surface area contributed by atoms with Crippen LogP contribution in [-0.4, -0.2) is 35.3 Å². The Morgan fingerprint density at radius 2 is 1.93 bits per heavy atom. The van der Waals surface area contributed by atoms with Crippen molar-refractivity contribution in [3.05, 3.63) is 47.1 Å². The lowest BCUT2D eigenvalue weighted by atomic mass is 9.95. The van der Waals surface area contributed by atoms with Gasteiger partial charge >= 0.3 is 0 Å². The van der Waals surface area contributed by atoms with E-state index in [-0.39, 0.29) is 24.0 Å². The lowest BCUT2D eigenvalue weighted by molar-refractivity contribution is -0.126. The largest absolute Gasteiger partial charge is 0.491 e. The summed E-state index contributed by atoms with van der Waals surface area (Å²) < 4.78 is 5.75. The van der Waals surface area contributed by atoms with Gasteiger partial charge in [0.25, 0.3) is 0 Å². The maximum absolute atomic E-state index is 12.7. The third-order valence-corrected chi connectivity index (χ3v) is 5.10. The van der Waals surface area contributed by atoms with Crippen molar-refractivity contribution >= 4 is 23.3 Å². The molecule has 1 aliphatic rings. The number of nitrogens with zero attached hydrogens (tertiary/aromatic N) is 3. The van der Waals surface area contributed by atoms with Crippen LogP contribution < -0.4 is 15.0 Å². The zero-order chi connectivity index (χ0) is 20.1. The molecule has 1 aliphatic heterocycles. The first kappa shape index (κ1) is 20.4. The Bertz CT molecular complexity index is 789. The molecule has 1 aromatic heterocycles. The van der Waals surface area contributed by atoms with E-state index >= 15 is 0 Å². The first-order valence-corrected chi connectivity index (χ1v) is 10.1.